The minimum absolute atomic E-state index is 0.295. The van der Waals surface area contributed by atoms with E-state index in [0.29, 0.717) is 6.79 Å². The first-order valence-electron chi connectivity index (χ1n) is 3.94. The number of benzene rings is 1. The van der Waals surface area contributed by atoms with Gasteiger partial charge in [0.1, 0.15) is 5.75 Å². The lowest BCUT2D eigenvalue weighted by atomic mass is 10.2. The molecule has 0 aromatic heterocycles. The molecule has 0 radical (unpaired) electrons. The van der Waals surface area contributed by atoms with Crippen molar-refractivity contribution in [1.82, 2.24) is 0 Å². The van der Waals surface area contributed by atoms with Crippen molar-refractivity contribution in [3.63, 3.8) is 0 Å². The van der Waals surface area contributed by atoms with E-state index in [-0.39, 0.29) is 0 Å². The van der Waals surface area contributed by atoms with Gasteiger partial charge in [-0.15, -0.1) is 0 Å². The molecular formula is C10H13O2S+. The third kappa shape index (κ3) is 3.53. The summed E-state index contributed by atoms with van der Waals surface area (Å²) < 4.78 is 10.0. The van der Waals surface area contributed by atoms with Gasteiger partial charge in [-0.2, -0.15) is 0 Å². The fourth-order valence-electron chi connectivity index (χ4n) is 0.927. The first-order valence-corrected chi connectivity index (χ1v) is 5.10. The molecule has 0 atom stereocenters. The van der Waals surface area contributed by atoms with Gasteiger partial charge >= 0.3 is 0 Å². The molecule has 0 saturated heterocycles. The maximum atomic E-state index is 5.24. The van der Waals surface area contributed by atoms with Gasteiger partial charge in [0.15, 0.2) is 29.8 Å². The monoisotopic (exact) mass is 197 g/mol. The van der Waals surface area contributed by atoms with Gasteiger partial charge in [0.05, 0.1) is 0 Å². The Morgan fingerprint density at radius 2 is 2.00 bits per heavy atom. The van der Waals surface area contributed by atoms with Gasteiger partial charge in [-0.05, 0) is 12.1 Å². The second kappa shape index (κ2) is 5.67. The summed E-state index contributed by atoms with van der Waals surface area (Å²) in [5, 5.41) is 0. The van der Waals surface area contributed by atoms with E-state index in [1.807, 2.05) is 24.3 Å². The fraction of sp³-hybridized carbons (Fsp3) is 0.300. The number of hydrogen-bond donors (Lipinski definition) is 0. The Morgan fingerprint density at radius 3 is 2.54 bits per heavy atom. The standard InChI is InChI=1S/C10H13O2S/c1-11-8-12-10-5-3-9(4-6-10)7-13-2/h3-6H,2,7-8H2,1H3/q+1. The lowest BCUT2D eigenvalue weighted by molar-refractivity contribution is 0.0511. The predicted molar refractivity (Wildman–Crippen MR) is 57.1 cm³/mol. The second-order valence-electron chi connectivity index (χ2n) is 2.54. The van der Waals surface area contributed by atoms with E-state index in [1.165, 1.54) is 5.56 Å². The Balaban J connectivity index is 2.53. The highest BCUT2D eigenvalue weighted by atomic mass is 32.1. The van der Waals surface area contributed by atoms with Crippen molar-refractivity contribution in [3.8, 4) is 5.75 Å². The highest BCUT2D eigenvalue weighted by Crippen LogP contribution is 2.12. The van der Waals surface area contributed by atoms with Crippen molar-refractivity contribution in [1.29, 1.82) is 0 Å². The lowest BCUT2D eigenvalue weighted by Crippen LogP contribution is -1.98. The van der Waals surface area contributed by atoms with E-state index in [1.54, 1.807) is 18.5 Å². The lowest BCUT2D eigenvalue weighted by Gasteiger charge is -2.03. The highest BCUT2D eigenvalue weighted by molar-refractivity contribution is 7.75. The molecule has 0 saturated carbocycles. The Bertz CT molecular complexity index is 256. The topological polar surface area (TPSA) is 18.5 Å². The summed E-state index contributed by atoms with van der Waals surface area (Å²) in [6.45, 7) is 0.295. The van der Waals surface area contributed by atoms with Crippen molar-refractivity contribution in [3.05, 3.63) is 29.8 Å². The SMILES string of the molecule is C=[S+]Cc1ccc(OCOC)cc1. The van der Waals surface area contributed by atoms with Crippen LogP contribution in [0.2, 0.25) is 0 Å². The molecule has 0 aliphatic carbocycles. The molecule has 13 heavy (non-hydrogen) atoms. The Morgan fingerprint density at radius 1 is 1.31 bits per heavy atom. The summed E-state index contributed by atoms with van der Waals surface area (Å²) in [6.07, 6.45) is 0. The van der Waals surface area contributed by atoms with Crippen LogP contribution in [-0.2, 0) is 21.8 Å². The second-order valence-corrected chi connectivity index (χ2v) is 3.24. The van der Waals surface area contributed by atoms with Crippen LogP contribution in [0.3, 0.4) is 0 Å². The number of ether oxygens (including phenoxy) is 2. The third-order valence-corrected chi connectivity index (χ3v) is 2.07. The fourth-order valence-corrected chi connectivity index (χ4v) is 1.35. The molecule has 0 aliphatic rings. The van der Waals surface area contributed by atoms with Crippen LogP contribution in [0.4, 0.5) is 0 Å². The van der Waals surface area contributed by atoms with Crippen LogP contribution >= 0.6 is 0 Å². The summed E-state index contributed by atoms with van der Waals surface area (Å²) in [6, 6.07) is 7.93. The molecule has 0 aliphatic heterocycles. The average Bonchev–Trinajstić information content (AvgIpc) is 2.17. The van der Waals surface area contributed by atoms with Crippen LogP contribution in [0.25, 0.3) is 0 Å². The first kappa shape index (κ1) is 10.2. The summed E-state index contributed by atoms with van der Waals surface area (Å²) >= 11 is 1.56. The largest absolute Gasteiger partial charge is 0.468 e. The van der Waals surface area contributed by atoms with Crippen molar-refractivity contribution in [2.45, 2.75) is 5.75 Å². The molecular weight excluding hydrogens is 184 g/mol. The van der Waals surface area contributed by atoms with Crippen molar-refractivity contribution < 1.29 is 9.47 Å². The van der Waals surface area contributed by atoms with Gasteiger partial charge in [-0.25, -0.2) is 0 Å². The number of rotatable bonds is 5. The van der Waals surface area contributed by atoms with Crippen molar-refractivity contribution in [2.24, 2.45) is 0 Å². The van der Waals surface area contributed by atoms with E-state index in [4.69, 9.17) is 9.47 Å². The minimum Gasteiger partial charge on any atom is -0.468 e. The van der Waals surface area contributed by atoms with E-state index >= 15 is 0 Å². The molecule has 70 valence electrons. The maximum Gasteiger partial charge on any atom is 0.200 e. The van der Waals surface area contributed by atoms with Gasteiger partial charge in [-0.3, -0.25) is 0 Å². The van der Waals surface area contributed by atoms with Gasteiger partial charge in [-0.1, -0.05) is 12.1 Å². The summed E-state index contributed by atoms with van der Waals surface area (Å²) in [7, 11) is 1.60. The molecule has 1 aromatic rings. The van der Waals surface area contributed by atoms with Gasteiger partial charge in [0.25, 0.3) is 0 Å². The van der Waals surface area contributed by atoms with E-state index in [2.05, 4.69) is 5.87 Å². The summed E-state index contributed by atoms with van der Waals surface area (Å²) in [5.74, 6) is 5.49. The molecule has 0 spiro atoms. The van der Waals surface area contributed by atoms with Crippen LogP contribution in [0.15, 0.2) is 24.3 Å². The molecule has 1 aromatic carbocycles. The quantitative estimate of drug-likeness (QED) is 0.406. The van der Waals surface area contributed by atoms with Crippen LogP contribution in [0, 0.1) is 0 Å². The van der Waals surface area contributed by atoms with Crippen LogP contribution < -0.4 is 4.74 Å². The van der Waals surface area contributed by atoms with Crippen LogP contribution in [-0.4, -0.2) is 19.8 Å². The molecule has 2 nitrogen and oxygen atoms in total. The zero-order chi connectivity index (χ0) is 9.52. The number of hydrogen-bond acceptors (Lipinski definition) is 2. The van der Waals surface area contributed by atoms with Gasteiger partial charge < -0.3 is 9.47 Å². The minimum atomic E-state index is 0.295. The third-order valence-electron chi connectivity index (χ3n) is 1.54. The maximum absolute atomic E-state index is 5.24. The zero-order valence-corrected chi connectivity index (χ0v) is 8.47. The Labute approximate surface area is 82.4 Å². The first-order chi connectivity index (χ1) is 6.36. The molecule has 0 unspecified atom stereocenters. The number of methoxy groups -OCH3 is 1. The summed E-state index contributed by atoms with van der Waals surface area (Å²) in [5.41, 5.74) is 1.25. The van der Waals surface area contributed by atoms with Crippen molar-refractivity contribution in [2.75, 3.05) is 13.9 Å². The van der Waals surface area contributed by atoms with Gasteiger partial charge in [0.2, 0.25) is 0 Å². The van der Waals surface area contributed by atoms with E-state index < -0.39 is 0 Å². The molecule has 0 fully saturated rings. The van der Waals surface area contributed by atoms with Crippen molar-refractivity contribution >= 4 is 17.2 Å². The van der Waals surface area contributed by atoms with Crippen LogP contribution in [0.5, 0.6) is 5.75 Å². The molecule has 1 rings (SSSR count). The Hall–Kier alpha value is -0.930. The van der Waals surface area contributed by atoms with E-state index in [9.17, 15) is 0 Å². The molecule has 0 N–H and O–H groups in total. The highest BCUT2D eigenvalue weighted by Gasteiger charge is 1.97. The van der Waals surface area contributed by atoms with Crippen LogP contribution in [0.1, 0.15) is 5.56 Å². The average molecular weight is 197 g/mol. The van der Waals surface area contributed by atoms with Gasteiger partial charge in [0, 0.05) is 12.7 Å². The smallest absolute Gasteiger partial charge is 0.200 e. The molecule has 0 amide bonds. The molecule has 0 bridgehead atoms. The van der Waals surface area contributed by atoms with E-state index in [0.717, 1.165) is 11.5 Å². The molecule has 0 heterocycles. The zero-order valence-electron chi connectivity index (χ0n) is 7.66. The molecule has 3 heteroatoms. The predicted octanol–water partition coefficient (Wildman–Crippen LogP) is 1.68. The summed E-state index contributed by atoms with van der Waals surface area (Å²) in [4.78, 5) is 0. The normalized spacial score (nSPS) is 9.62. The Kier molecular flexibility index (Phi) is 4.43.